The molecule has 0 aliphatic heterocycles. The molecule has 0 aliphatic carbocycles. The molecule has 130 valence electrons. The molecule has 0 aliphatic rings. The molecule has 3 aromatic rings. The number of nitrogens with zero attached hydrogens (tertiary/aromatic N) is 1. The van der Waals surface area contributed by atoms with Gasteiger partial charge in [-0.05, 0) is 37.1 Å². The van der Waals surface area contributed by atoms with Crippen molar-refractivity contribution in [1.29, 1.82) is 0 Å². The number of hydrogen-bond acceptors (Lipinski definition) is 5. The Morgan fingerprint density at radius 3 is 2.88 bits per heavy atom. The zero-order valence-corrected chi connectivity index (χ0v) is 14.2. The summed E-state index contributed by atoms with van der Waals surface area (Å²) in [5.41, 5.74) is 3.61. The van der Waals surface area contributed by atoms with Gasteiger partial charge in [0.2, 0.25) is 0 Å². The van der Waals surface area contributed by atoms with E-state index in [-0.39, 0.29) is 6.61 Å². The first kappa shape index (κ1) is 17.0. The summed E-state index contributed by atoms with van der Waals surface area (Å²) in [6.45, 7) is 2.52. The van der Waals surface area contributed by atoms with Crippen LogP contribution in [0.5, 0.6) is 5.75 Å². The number of aromatic amines is 1. The number of H-pyrrole nitrogens is 1. The third-order valence-electron chi connectivity index (χ3n) is 3.95. The Bertz CT molecular complexity index is 902. The maximum Gasteiger partial charge on any atom is 0.354 e. The minimum atomic E-state index is -0.444. The number of fused-ring (bicyclic) bond motifs is 1. The van der Waals surface area contributed by atoms with Gasteiger partial charge in [-0.3, -0.25) is 4.98 Å². The van der Waals surface area contributed by atoms with Crippen LogP contribution in [-0.2, 0) is 11.2 Å². The molecule has 0 radical (unpaired) electrons. The number of nitrogens with one attached hydrogen (secondary N) is 1. The molecule has 3 rings (SSSR count). The van der Waals surface area contributed by atoms with E-state index in [9.17, 15) is 9.90 Å². The van der Waals surface area contributed by atoms with Crippen LogP contribution in [-0.4, -0.2) is 41.4 Å². The van der Waals surface area contributed by atoms with Crippen molar-refractivity contribution < 1.29 is 19.4 Å². The van der Waals surface area contributed by atoms with Gasteiger partial charge in [-0.2, -0.15) is 0 Å². The van der Waals surface area contributed by atoms with Crippen LogP contribution in [0.1, 0.15) is 23.0 Å². The van der Waals surface area contributed by atoms with E-state index in [0.717, 1.165) is 33.5 Å². The van der Waals surface area contributed by atoms with E-state index in [1.807, 2.05) is 31.2 Å². The Kier molecular flexibility index (Phi) is 5.00. The van der Waals surface area contributed by atoms with Crippen molar-refractivity contribution in [1.82, 2.24) is 9.97 Å². The second kappa shape index (κ2) is 7.36. The number of carbonyl (C=O) groups excluding carboxylic acids is 1. The monoisotopic (exact) mass is 340 g/mol. The third-order valence-corrected chi connectivity index (χ3v) is 3.95. The molecule has 2 heterocycles. The van der Waals surface area contributed by atoms with E-state index in [1.165, 1.54) is 7.11 Å². The fourth-order valence-electron chi connectivity index (χ4n) is 2.83. The van der Waals surface area contributed by atoms with Crippen LogP contribution in [0.3, 0.4) is 0 Å². The Morgan fingerprint density at radius 2 is 2.16 bits per heavy atom. The Balaban J connectivity index is 2.18. The average molecular weight is 340 g/mol. The van der Waals surface area contributed by atoms with Gasteiger partial charge in [0.25, 0.3) is 0 Å². The number of aliphatic hydroxyl groups is 1. The van der Waals surface area contributed by atoms with Gasteiger partial charge in [-0.1, -0.05) is 12.1 Å². The minimum absolute atomic E-state index is 0.00251. The highest BCUT2D eigenvalue weighted by molar-refractivity contribution is 6.01. The SMILES string of the molecule is CCOc1cccc(-c2ncc(CCO)c3[nH]c(C(=O)OC)cc23)c1. The molecule has 0 saturated carbocycles. The van der Waals surface area contributed by atoms with Gasteiger partial charge < -0.3 is 19.6 Å². The smallest absolute Gasteiger partial charge is 0.354 e. The first-order valence-electron chi connectivity index (χ1n) is 8.11. The zero-order chi connectivity index (χ0) is 17.8. The largest absolute Gasteiger partial charge is 0.494 e. The van der Waals surface area contributed by atoms with Gasteiger partial charge >= 0.3 is 5.97 Å². The zero-order valence-electron chi connectivity index (χ0n) is 14.2. The van der Waals surface area contributed by atoms with Crippen LogP contribution in [0.4, 0.5) is 0 Å². The topological polar surface area (TPSA) is 84.4 Å². The van der Waals surface area contributed by atoms with E-state index in [2.05, 4.69) is 9.97 Å². The number of hydrogen-bond donors (Lipinski definition) is 2. The quantitative estimate of drug-likeness (QED) is 0.674. The van der Waals surface area contributed by atoms with Crippen molar-refractivity contribution in [2.45, 2.75) is 13.3 Å². The highest BCUT2D eigenvalue weighted by Gasteiger charge is 2.16. The number of pyridine rings is 1. The van der Waals surface area contributed by atoms with Crippen LogP contribution in [0, 0.1) is 0 Å². The molecule has 0 fully saturated rings. The normalized spacial score (nSPS) is 10.8. The van der Waals surface area contributed by atoms with Gasteiger partial charge in [0.05, 0.1) is 24.9 Å². The van der Waals surface area contributed by atoms with Gasteiger partial charge in [0.15, 0.2) is 0 Å². The summed E-state index contributed by atoms with van der Waals surface area (Å²) in [6.07, 6.45) is 2.17. The summed E-state index contributed by atoms with van der Waals surface area (Å²) in [6, 6.07) is 9.39. The van der Waals surface area contributed by atoms with Crippen molar-refractivity contribution in [3.05, 3.63) is 47.8 Å². The maximum absolute atomic E-state index is 11.9. The number of benzene rings is 1. The number of ether oxygens (including phenoxy) is 2. The lowest BCUT2D eigenvalue weighted by Gasteiger charge is -2.08. The van der Waals surface area contributed by atoms with Crippen molar-refractivity contribution in [3.63, 3.8) is 0 Å². The summed E-state index contributed by atoms with van der Waals surface area (Å²) in [5, 5.41) is 10.1. The van der Waals surface area contributed by atoms with E-state index < -0.39 is 5.97 Å². The summed E-state index contributed by atoms with van der Waals surface area (Å²) in [5.74, 6) is 0.318. The van der Waals surface area contributed by atoms with Gasteiger partial charge in [-0.15, -0.1) is 0 Å². The number of aromatic nitrogens is 2. The van der Waals surface area contributed by atoms with Crippen LogP contribution in [0.2, 0.25) is 0 Å². The standard InChI is InChI=1S/C19H20N2O4/c1-3-25-14-6-4-5-12(9-14)17-15-10-16(19(23)24-2)21-18(15)13(7-8-22)11-20-17/h4-6,9-11,21-22H,3,7-8H2,1-2H3. The molecule has 2 aromatic heterocycles. The lowest BCUT2D eigenvalue weighted by Crippen LogP contribution is -2.01. The van der Waals surface area contributed by atoms with Crippen LogP contribution >= 0.6 is 0 Å². The molecule has 25 heavy (non-hydrogen) atoms. The number of esters is 1. The first-order valence-corrected chi connectivity index (χ1v) is 8.11. The van der Waals surface area contributed by atoms with E-state index in [1.54, 1.807) is 12.3 Å². The molecule has 6 nitrogen and oxygen atoms in total. The lowest BCUT2D eigenvalue weighted by atomic mass is 10.0. The highest BCUT2D eigenvalue weighted by atomic mass is 16.5. The molecule has 0 saturated heterocycles. The fourth-order valence-corrected chi connectivity index (χ4v) is 2.83. The summed E-state index contributed by atoms with van der Waals surface area (Å²) in [7, 11) is 1.34. The highest BCUT2D eigenvalue weighted by Crippen LogP contribution is 2.31. The number of aliphatic hydroxyl groups excluding tert-OH is 1. The lowest BCUT2D eigenvalue weighted by molar-refractivity contribution is 0.0595. The molecule has 0 amide bonds. The van der Waals surface area contributed by atoms with Crippen LogP contribution < -0.4 is 4.74 Å². The molecular weight excluding hydrogens is 320 g/mol. The first-order chi connectivity index (χ1) is 12.2. The van der Waals surface area contributed by atoms with Crippen molar-refractivity contribution in [3.8, 4) is 17.0 Å². The third kappa shape index (κ3) is 3.34. The predicted molar refractivity (Wildman–Crippen MR) is 94.8 cm³/mol. The van der Waals surface area contributed by atoms with E-state index >= 15 is 0 Å². The molecule has 6 heteroatoms. The van der Waals surface area contributed by atoms with E-state index in [0.29, 0.717) is 18.7 Å². The summed E-state index contributed by atoms with van der Waals surface area (Å²) >= 11 is 0. The molecule has 1 aromatic carbocycles. The average Bonchev–Trinajstić information content (AvgIpc) is 3.08. The Morgan fingerprint density at radius 1 is 1.32 bits per heavy atom. The van der Waals surface area contributed by atoms with E-state index in [4.69, 9.17) is 9.47 Å². The number of rotatable bonds is 6. The minimum Gasteiger partial charge on any atom is -0.494 e. The molecular formula is C19H20N2O4. The van der Waals surface area contributed by atoms with Crippen LogP contribution in [0.25, 0.3) is 22.2 Å². The molecule has 0 unspecified atom stereocenters. The fraction of sp³-hybridized carbons (Fsp3) is 0.263. The maximum atomic E-state index is 11.9. The summed E-state index contributed by atoms with van der Waals surface area (Å²) in [4.78, 5) is 19.5. The molecule has 0 atom stereocenters. The van der Waals surface area contributed by atoms with Gasteiger partial charge in [0.1, 0.15) is 11.4 Å². The Hall–Kier alpha value is -2.86. The molecule has 2 N–H and O–H groups in total. The number of carbonyl (C=O) groups is 1. The van der Waals surface area contributed by atoms with Crippen molar-refractivity contribution in [2.75, 3.05) is 20.3 Å². The Labute approximate surface area is 145 Å². The van der Waals surface area contributed by atoms with Crippen LogP contribution in [0.15, 0.2) is 36.5 Å². The van der Waals surface area contributed by atoms with Crippen molar-refractivity contribution >= 4 is 16.9 Å². The van der Waals surface area contributed by atoms with Gasteiger partial charge in [-0.25, -0.2) is 4.79 Å². The second-order valence-electron chi connectivity index (χ2n) is 5.53. The molecule has 0 bridgehead atoms. The van der Waals surface area contributed by atoms with Crippen molar-refractivity contribution in [2.24, 2.45) is 0 Å². The molecule has 0 spiro atoms. The predicted octanol–water partition coefficient (Wildman–Crippen LogP) is 2.95. The summed E-state index contributed by atoms with van der Waals surface area (Å²) < 4.78 is 10.4. The number of methoxy groups -OCH3 is 1. The second-order valence-corrected chi connectivity index (χ2v) is 5.53. The van der Waals surface area contributed by atoms with Gasteiger partial charge in [0, 0.05) is 23.8 Å².